The Morgan fingerprint density at radius 2 is 1.88 bits per heavy atom. The number of rotatable bonds is 5. The molecule has 0 N–H and O–H groups in total. The van der Waals surface area contributed by atoms with Crippen molar-refractivity contribution in [3.63, 3.8) is 0 Å². The van der Waals surface area contributed by atoms with Crippen LogP contribution in [-0.4, -0.2) is 21.2 Å². The Bertz CT molecular complexity index is 1550. The Balaban J connectivity index is 1.73. The molecule has 5 aromatic rings. The van der Waals surface area contributed by atoms with Gasteiger partial charge in [-0.25, -0.2) is 9.37 Å². The van der Waals surface area contributed by atoms with Crippen molar-refractivity contribution in [3.8, 4) is 5.75 Å². The molecule has 2 aromatic heterocycles. The van der Waals surface area contributed by atoms with E-state index in [1.165, 1.54) is 6.07 Å². The number of halogens is 2. The van der Waals surface area contributed by atoms with Crippen molar-refractivity contribution in [3.05, 3.63) is 105 Å². The standard InChI is InChI=1S/C26H21ClFN3O2/c1-16-9-10-23-19(11-16)24-25(31(23)14-20-21(27)7-4-8-22(20)28)26(32)30(15-29-24)13-17-5-3-6-18(12-17)33-2/h3-12,15H,13-14H2,1-2H3. The van der Waals surface area contributed by atoms with E-state index >= 15 is 0 Å². The second-order valence-electron chi connectivity index (χ2n) is 8.03. The summed E-state index contributed by atoms with van der Waals surface area (Å²) in [6, 6.07) is 18.0. The van der Waals surface area contributed by atoms with Crippen LogP contribution in [0.3, 0.4) is 0 Å². The van der Waals surface area contributed by atoms with Crippen LogP contribution in [0.2, 0.25) is 5.02 Å². The van der Waals surface area contributed by atoms with Crippen molar-refractivity contribution in [1.82, 2.24) is 14.1 Å². The molecule has 0 amide bonds. The molecule has 0 aliphatic rings. The molecular weight excluding hydrogens is 441 g/mol. The first-order valence-corrected chi connectivity index (χ1v) is 10.9. The Labute approximate surface area is 194 Å². The zero-order valence-electron chi connectivity index (χ0n) is 18.2. The third kappa shape index (κ3) is 3.76. The Kier molecular flexibility index (Phi) is 5.38. The maximum Gasteiger partial charge on any atom is 0.278 e. The maximum absolute atomic E-state index is 14.6. The number of aromatic nitrogens is 3. The van der Waals surface area contributed by atoms with Gasteiger partial charge in [0.2, 0.25) is 0 Å². The van der Waals surface area contributed by atoms with E-state index in [1.54, 1.807) is 30.1 Å². The highest BCUT2D eigenvalue weighted by Gasteiger charge is 2.19. The lowest BCUT2D eigenvalue weighted by Crippen LogP contribution is -2.23. The number of aryl methyl sites for hydroxylation is 1. The summed E-state index contributed by atoms with van der Waals surface area (Å²) in [7, 11) is 1.60. The van der Waals surface area contributed by atoms with Crippen molar-refractivity contribution in [2.45, 2.75) is 20.0 Å². The SMILES string of the molecule is COc1cccc(Cn2cnc3c4cc(C)ccc4n(Cc4c(F)cccc4Cl)c3c2=O)c1. The van der Waals surface area contributed by atoms with Gasteiger partial charge in [0.15, 0.2) is 0 Å². The van der Waals surface area contributed by atoms with Crippen LogP contribution in [0.1, 0.15) is 16.7 Å². The highest BCUT2D eigenvalue weighted by molar-refractivity contribution is 6.31. The van der Waals surface area contributed by atoms with Crippen LogP contribution in [0, 0.1) is 12.7 Å². The fourth-order valence-electron chi connectivity index (χ4n) is 4.20. The topological polar surface area (TPSA) is 49.0 Å². The average Bonchev–Trinajstić information content (AvgIpc) is 3.11. The molecule has 0 aliphatic carbocycles. The van der Waals surface area contributed by atoms with Crippen LogP contribution < -0.4 is 10.3 Å². The molecule has 5 nitrogen and oxygen atoms in total. The molecule has 166 valence electrons. The molecule has 2 heterocycles. The van der Waals surface area contributed by atoms with Gasteiger partial charge in [0, 0.05) is 16.0 Å². The van der Waals surface area contributed by atoms with E-state index in [1.807, 2.05) is 54.0 Å². The van der Waals surface area contributed by atoms with Gasteiger partial charge in [0.1, 0.15) is 22.6 Å². The van der Waals surface area contributed by atoms with E-state index in [0.717, 1.165) is 22.0 Å². The van der Waals surface area contributed by atoms with Gasteiger partial charge in [-0.15, -0.1) is 0 Å². The third-order valence-electron chi connectivity index (χ3n) is 5.85. The summed E-state index contributed by atoms with van der Waals surface area (Å²) in [5, 5.41) is 1.17. The highest BCUT2D eigenvalue weighted by Crippen LogP contribution is 2.29. The van der Waals surface area contributed by atoms with Gasteiger partial charge in [-0.3, -0.25) is 9.36 Å². The average molecular weight is 462 g/mol. The van der Waals surface area contributed by atoms with Crippen molar-refractivity contribution in [2.24, 2.45) is 0 Å². The number of hydrogen-bond acceptors (Lipinski definition) is 3. The summed E-state index contributed by atoms with van der Waals surface area (Å²) in [5.41, 5.74) is 3.90. The smallest absolute Gasteiger partial charge is 0.278 e. The summed E-state index contributed by atoms with van der Waals surface area (Å²) >= 11 is 6.32. The molecule has 0 saturated heterocycles. The van der Waals surface area contributed by atoms with E-state index < -0.39 is 5.82 Å². The number of nitrogens with zero attached hydrogens (tertiary/aromatic N) is 3. The molecular formula is C26H21ClFN3O2. The number of benzene rings is 3. The van der Waals surface area contributed by atoms with Gasteiger partial charge in [-0.2, -0.15) is 0 Å². The van der Waals surface area contributed by atoms with E-state index in [4.69, 9.17) is 16.3 Å². The lowest BCUT2D eigenvalue weighted by atomic mass is 10.1. The van der Waals surface area contributed by atoms with Crippen LogP contribution in [0.15, 0.2) is 71.8 Å². The van der Waals surface area contributed by atoms with E-state index in [9.17, 15) is 9.18 Å². The van der Waals surface area contributed by atoms with Crippen molar-refractivity contribution < 1.29 is 9.13 Å². The van der Waals surface area contributed by atoms with Gasteiger partial charge in [-0.1, -0.05) is 41.4 Å². The van der Waals surface area contributed by atoms with Gasteiger partial charge in [0.05, 0.1) is 32.0 Å². The summed E-state index contributed by atoms with van der Waals surface area (Å²) in [6.07, 6.45) is 1.56. The van der Waals surface area contributed by atoms with E-state index in [2.05, 4.69) is 4.98 Å². The van der Waals surface area contributed by atoms with Crippen molar-refractivity contribution in [1.29, 1.82) is 0 Å². The fraction of sp³-hybridized carbons (Fsp3) is 0.154. The summed E-state index contributed by atoms with van der Waals surface area (Å²) < 4.78 is 23.3. The molecule has 0 atom stereocenters. The number of ether oxygens (including phenoxy) is 1. The highest BCUT2D eigenvalue weighted by atomic mass is 35.5. The monoisotopic (exact) mass is 461 g/mol. The van der Waals surface area contributed by atoms with Crippen molar-refractivity contribution in [2.75, 3.05) is 7.11 Å². The summed E-state index contributed by atoms with van der Waals surface area (Å²) in [5.74, 6) is 0.304. The summed E-state index contributed by atoms with van der Waals surface area (Å²) in [6.45, 7) is 2.44. The number of fused-ring (bicyclic) bond motifs is 3. The first-order chi connectivity index (χ1) is 16.0. The Morgan fingerprint density at radius 3 is 2.67 bits per heavy atom. The first-order valence-electron chi connectivity index (χ1n) is 10.5. The minimum absolute atomic E-state index is 0.120. The van der Waals surface area contributed by atoms with Crippen LogP contribution in [0.4, 0.5) is 4.39 Å². The zero-order valence-corrected chi connectivity index (χ0v) is 18.9. The first kappa shape index (κ1) is 21.2. The molecule has 3 aromatic carbocycles. The second kappa shape index (κ2) is 8.37. The lowest BCUT2D eigenvalue weighted by molar-refractivity contribution is 0.414. The molecule has 0 spiro atoms. The predicted octanol–water partition coefficient (Wildman–Crippen LogP) is 5.56. The number of methoxy groups -OCH3 is 1. The molecule has 5 rings (SSSR count). The Morgan fingerprint density at radius 1 is 1.06 bits per heavy atom. The minimum Gasteiger partial charge on any atom is -0.497 e. The Hall–Kier alpha value is -3.64. The molecule has 33 heavy (non-hydrogen) atoms. The fourth-order valence-corrected chi connectivity index (χ4v) is 4.42. The second-order valence-corrected chi connectivity index (χ2v) is 8.44. The maximum atomic E-state index is 14.6. The molecule has 0 radical (unpaired) electrons. The van der Waals surface area contributed by atoms with Gasteiger partial charge in [-0.05, 0) is 48.9 Å². The molecule has 0 aliphatic heterocycles. The molecule has 0 unspecified atom stereocenters. The van der Waals surface area contributed by atoms with Gasteiger partial charge < -0.3 is 9.30 Å². The quantitative estimate of drug-likeness (QED) is 0.344. The number of hydrogen-bond donors (Lipinski definition) is 0. The van der Waals surface area contributed by atoms with Gasteiger partial charge in [0.25, 0.3) is 5.56 Å². The molecule has 0 saturated carbocycles. The molecule has 0 fully saturated rings. The van der Waals surface area contributed by atoms with E-state index in [-0.39, 0.29) is 12.1 Å². The third-order valence-corrected chi connectivity index (χ3v) is 6.20. The minimum atomic E-state index is -0.412. The molecule has 0 bridgehead atoms. The van der Waals surface area contributed by atoms with E-state index in [0.29, 0.717) is 33.9 Å². The van der Waals surface area contributed by atoms with Gasteiger partial charge >= 0.3 is 0 Å². The van der Waals surface area contributed by atoms with Crippen LogP contribution >= 0.6 is 11.6 Å². The zero-order chi connectivity index (χ0) is 23.1. The normalized spacial score (nSPS) is 11.4. The van der Waals surface area contributed by atoms with Crippen molar-refractivity contribution >= 4 is 33.5 Å². The lowest BCUT2D eigenvalue weighted by Gasteiger charge is -2.11. The van der Waals surface area contributed by atoms with Crippen LogP contribution in [-0.2, 0) is 13.1 Å². The van der Waals surface area contributed by atoms with Crippen LogP contribution in [0.5, 0.6) is 5.75 Å². The molecule has 7 heteroatoms. The summed E-state index contributed by atoms with van der Waals surface area (Å²) in [4.78, 5) is 18.3. The van der Waals surface area contributed by atoms with Crippen LogP contribution in [0.25, 0.3) is 21.9 Å². The predicted molar refractivity (Wildman–Crippen MR) is 129 cm³/mol. The largest absolute Gasteiger partial charge is 0.497 e.